The molecular formula is C26H26N4O5. The topological polar surface area (TPSA) is 157 Å². The fourth-order valence-corrected chi connectivity index (χ4v) is 3.41. The van der Waals surface area contributed by atoms with Crippen LogP contribution in [0.1, 0.15) is 27.9 Å². The van der Waals surface area contributed by atoms with Crippen molar-refractivity contribution in [3.63, 3.8) is 0 Å². The highest BCUT2D eigenvalue weighted by atomic mass is 16.5. The van der Waals surface area contributed by atoms with Crippen LogP contribution in [-0.4, -0.2) is 35.0 Å². The van der Waals surface area contributed by atoms with E-state index in [0.717, 1.165) is 5.56 Å². The van der Waals surface area contributed by atoms with Gasteiger partial charge in [0.15, 0.2) is 5.96 Å². The van der Waals surface area contributed by atoms with Gasteiger partial charge in [-0.05, 0) is 53.9 Å². The van der Waals surface area contributed by atoms with Gasteiger partial charge in [-0.2, -0.15) is 0 Å². The zero-order valence-electron chi connectivity index (χ0n) is 18.9. The highest BCUT2D eigenvalue weighted by molar-refractivity contribution is 5.91. The number of nitrogens with zero attached hydrogens (tertiary/aromatic N) is 1. The summed E-state index contributed by atoms with van der Waals surface area (Å²) in [7, 11) is 0. The van der Waals surface area contributed by atoms with Gasteiger partial charge in [0.25, 0.3) is 0 Å². The number of hydrogen-bond acceptors (Lipinski definition) is 5. The molecule has 0 saturated carbocycles. The van der Waals surface area contributed by atoms with E-state index < -0.39 is 18.0 Å². The molecule has 0 saturated heterocycles. The molecule has 0 unspecified atom stereocenters. The number of benzene rings is 3. The largest absolute Gasteiger partial charge is 0.481 e. The number of aliphatic carboxylic acids is 1. The highest BCUT2D eigenvalue weighted by Crippen LogP contribution is 2.17. The third-order valence-corrected chi connectivity index (χ3v) is 4.97. The minimum absolute atomic E-state index is 0.0609. The summed E-state index contributed by atoms with van der Waals surface area (Å²) in [5.41, 5.74) is 13.1. The van der Waals surface area contributed by atoms with E-state index >= 15 is 0 Å². The number of ether oxygens (including phenoxy) is 1. The molecule has 0 radical (unpaired) electrons. The van der Waals surface area contributed by atoms with Crippen molar-refractivity contribution in [2.75, 3.05) is 0 Å². The van der Waals surface area contributed by atoms with Crippen molar-refractivity contribution in [3.05, 3.63) is 95.6 Å². The quantitative estimate of drug-likeness (QED) is 0.152. The molecule has 9 heteroatoms. The maximum Gasteiger partial charge on any atom is 0.343 e. The first-order valence-electron chi connectivity index (χ1n) is 10.8. The van der Waals surface area contributed by atoms with Gasteiger partial charge in [0, 0.05) is 6.04 Å². The van der Waals surface area contributed by atoms with Crippen LogP contribution >= 0.6 is 0 Å². The second-order valence-corrected chi connectivity index (χ2v) is 7.85. The van der Waals surface area contributed by atoms with Gasteiger partial charge in [0.05, 0.1) is 24.1 Å². The molecule has 0 spiro atoms. The van der Waals surface area contributed by atoms with Crippen LogP contribution in [0.15, 0.2) is 83.9 Å². The van der Waals surface area contributed by atoms with E-state index in [1.165, 1.54) is 0 Å². The lowest BCUT2D eigenvalue weighted by Gasteiger charge is -2.17. The summed E-state index contributed by atoms with van der Waals surface area (Å²) in [6.07, 6.45) is 0.300. The van der Waals surface area contributed by atoms with Crippen molar-refractivity contribution in [3.8, 4) is 5.75 Å². The third-order valence-electron chi connectivity index (χ3n) is 4.97. The third kappa shape index (κ3) is 8.32. The van der Waals surface area contributed by atoms with Gasteiger partial charge in [0.1, 0.15) is 5.75 Å². The number of carboxylic acids is 1. The molecule has 180 valence electrons. The summed E-state index contributed by atoms with van der Waals surface area (Å²) in [6.45, 7) is 0. The monoisotopic (exact) mass is 474 g/mol. The van der Waals surface area contributed by atoms with E-state index in [1.807, 2.05) is 30.3 Å². The van der Waals surface area contributed by atoms with Crippen LogP contribution < -0.4 is 21.5 Å². The summed E-state index contributed by atoms with van der Waals surface area (Å²) >= 11 is 0. The summed E-state index contributed by atoms with van der Waals surface area (Å²) in [5.74, 6) is -1.59. The maximum absolute atomic E-state index is 12.5. The minimum atomic E-state index is -0.983. The molecule has 0 aliphatic rings. The Balaban J connectivity index is 1.55. The molecule has 35 heavy (non-hydrogen) atoms. The molecule has 0 bridgehead atoms. The second-order valence-electron chi connectivity index (χ2n) is 7.85. The normalized spacial score (nSPS) is 11.2. The molecule has 1 atom stereocenters. The van der Waals surface area contributed by atoms with E-state index in [1.54, 1.807) is 48.5 Å². The number of nitrogens with two attached hydrogens (primary N) is 2. The first kappa shape index (κ1) is 25.0. The van der Waals surface area contributed by atoms with E-state index in [9.17, 15) is 19.5 Å². The molecule has 9 nitrogen and oxygen atoms in total. The minimum Gasteiger partial charge on any atom is -0.481 e. The smallest absolute Gasteiger partial charge is 0.343 e. The molecule has 3 aromatic rings. The molecular weight excluding hydrogens is 448 g/mol. The molecule has 1 amide bonds. The molecule has 0 aromatic heterocycles. The Hall–Kier alpha value is -4.66. The Morgan fingerprint density at radius 2 is 1.54 bits per heavy atom. The Morgan fingerprint density at radius 3 is 2.14 bits per heavy atom. The Kier molecular flexibility index (Phi) is 8.55. The van der Waals surface area contributed by atoms with E-state index in [4.69, 9.17) is 16.2 Å². The summed E-state index contributed by atoms with van der Waals surface area (Å²) in [5, 5.41) is 12.0. The van der Waals surface area contributed by atoms with Crippen LogP contribution in [0.2, 0.25) is 0 Å². The van der Waals surface area contributed by atoms with Crippen LogP contribution in [0.25, 0.3) is 0 Å². The number of amides is 1. The first-order valence-corrected chi connectivity index (χ1v) is 10.8. The lowest BCUT2D eigenvalue weighted by molar-refractivity contribution is -0.137. The second kappa shape index (κ2) is 12.0. The van der Waals surface area contributed by atoms with Crippen LogP contribution in [0.3, 0.4) is 0 Å². The van der Waals surface area contributed by atoms with Crippen molar-refractivity contribution >= 4 is 29.5 Å². The number of carboxylic acid groups (broad SMARTS) is 1. The number of carbonyl (C=O) groups excluding carboxylic acids is 2. The van der Waals surface area contributed by atoms with E-state index in [-0.39, 0.29) is 24.7 Å². The molecule has 0 heterocycles. The maximum atomic E-state index is 12.5. The number of hydrogen-bond donors (Lipinski definition) is 4. The Bertz CT molecular complexity index is 1190. The number of aliphatic imine (C=N–C) groups is 1. The number of carbonyl (C=O) groups is 3. The molecule has 0 fully saturated rings. The highest BCUT2D eigenvalue weighted by Gasteiger charge is 2.17. The van der Waals surface area contributed by atoms with Crippen molar-refractivity contribution in [1.82, 2.24) is 5.32 Å². The zero-order chi connectivity index (χ0) is 25.2. The predicted molar refractivity (Wildman–Crippen MR) is 131 cm³/mol. The standard InChI is InChI=1S/C26H26N4O5/c27-26(28)30-20-10-8-19(9-11-20)25(34)35-22-12-6-18(7-13-22)15-23(31)29-21(16-24(32)33)14-17-4-2-1-3-5-17/h1-13,21H,14-16H2,(H,29,31)(H,32,33)(H4,27,28,30)/t21-/m1/s1. The van der Waals surface area contributed by atoms with E-state index in [0.29, 0.717) is 29.0 Å². The van der Waals surface area contributed by atoms with Gasteiger partial charge >= 0.3 is 11.9 Å². The van der Waals surface area contributed by atoms with Gasteiger partial charge in [0.2, 0.25) is 5.91 Å². The first-order chi connectivity index (χ1) is 16.8. The summed E-state index contributed by atoms with van der Waals surface area (Å²) in [4.78, 5) is 40.0. The van der Waals surface area contributed by atoms with Crippen LogP contribution in [0, 0.1) is 0 Å². The van der Waals surface area contributed by atoms with Crippen LogP contribution in [-0.2, 0) is 22.4 Å². The summed E-state index contributed by atoms with van der Waals surface area (Å²) in [6, 6.07) is 21.7. The lowest BCUT2D eigenvalue weighted by atomic mass is 10.0. The average molecular weight is 475 g/mol. The average Bonchev–Trinajstić information content (AvgIpc) is 2.80. The fraction of sp³-hybridized carbons (Fsp3) is 0.154. The fourth-order valence-electron chi connectivity index (χ4n) is 3.41. The zero-order valence-corrected chi connectivity index (χ0v) is 18.9. The lowest BCUT2D eigenvalue weighted by Crippen LogP contribution is -2.38. The Labute approximate surface area is 202 Å². The van der Waals surface area contributed by atoms with Gasteiger partial charge in [-0.25, -0.2) is 9.79 Å². The number of rotatable bonds is 10. The van der Waals surface area contributed by atoms with Gasteiger partial charge < -0.3 is 26.6 Å². The van der Waals surface area contributed by atoms with Gasteiger partial charge in [-0.3, -0.25) is 9.59 Å². The number of nitrogens with one attached hydrogen (secondary N) is 1. The Morgan fingerprint density at radius 1 is 0.886 bits per heavy atom. The van der Waals surface area contributed by atoms with Crippen molar-refractivity contribution in [2.45, 2.75) is 25.3 Å². The van der Waals surface area contributed by atoms with Crippen LogP contribution in [0.4, 0.5) is 5.69 Å². The predicted octanol–water partition coefficient (Wildman–Crippen LogP) is 2.56. The summed E-state index contributed by atoms with van der Waals surface area (Å²) < 4.78 is 5.37. The molecule has 3 rings (SSSR count). The number of guanidine groups is 1. The van der Waals surface area contributed by atoms with Gasteiger partial charge in [-0.1, -0.05) is 42.5 Å². The van der Waals surface area contributed by atoms with Crippen molar-refractivity contribution in [1.29, 1.82) is 0 Å². The molecule has 0 aliphatic carbocycles. The molecule has 3 aromatic carbocycles. The van der Waals surface area contributed by atoms with Gasteiger partial charge in [-0.15, -0.1) is 0 Å². The van der Waals surface area contributed by atoms with Crippen molar-refractivity contribution in [2.24, 2.45) is 16.5 Å². The van der Waals surface area contributed by atoms with Crippen LogP contribution in [0.5, 0.6) is 5.75 Å². The molecule has 6 N–H and O–H groups in total. The SMILES string of the molecule is NC(N)=Nc1ccc(C(=O)Oc2ccc(CC(=O)N[C@@H](CC(=O)O)Cc3ccccc3)cc2)cc1. The number of esters is 1. The van der Waals surface area contributed by atoms with Crippen molar-refractivity contribution < 1.29 is 24.2 Å². The molecule has 0 aliphatic heterocycles. The van der Waals surface area contributed by atoms with E-state index in [2.05, 4.69) is 10.3 Å².